The molecule has 0 aliphatic heterocycles. The number of carbonyl (C=O) groups excluding carboxylic acids is 1. The Morgan fingerprint density at radius 2 is 2.16 bits per heavy atom. The van der Waals surface area contributed by atoms with Gasteiger partial charge in [0.2, 0.25) is 0 Å². The molecule has 0 aliphatic carbocycles. The maximum Gasteiger partial charge on any atom is 0.270 e. The van der Waals surface area contributed by atoms with Gasteiger partial charge in [-0.15, -0.1) is 0 Å². The molecular weight excluding hydrogens is 244 g/mol. The van der Waals surface area contributed by atoms with Crippen LogP contribution in [0.5, 0.6) is 0 Å². The van der Waals surface area contributed by atoms with E-state index in [4.69, 9.17) is 4.74 Å². The van der Waals surface area contributed by atoms with E-state index in [1.54, 1.807) is 13.2 Å². The number of ether oxygens (including phenoxy) is 1. The van der Waals surface area contributed by atoms with Crippen molar-refractivity contribution in [2.24, 2.45) is 5.92 Å². The first kappa shape index (κ1) is 15.4. The Hall–Kier alpha value is -1.69. The Morgan fingerprint density at radius 1 is 1.37 bits per heavy atom. The Balaban J connectivity index is 2.48. The van der Waals surface area contributed by atoms with Crippen molar-refractivity contribution < 1.29 is 9.53 Å². The summed E-state index contributed by atoms with van der Waals surface area (Å²) in [6.07, 6.45) is 2.34. The van der Waals surface area contributed by atoms with Crippen LogP contribution in [0.2, 0.25) is 0 Å². The summed E-state index contributed by atoms with van der Waals surface area (Å²) in [5.74, 6) is 1.02. The average molecular weight is 266 g/mol. The van der Waals surface area contributed by atoms with Crippen LogP contribution in [0.25, 0.3) is 0 Å². The van der Waals surface area contributed by atoms with E-state index in [0.717, 1.165) is 6.42 Å². The normalized spacial score (nSPS) is 10.5. The molecule has 0 saturated carbocycles. The lowest BCUT2D eigenvalue weighted by Crippen LogP contribution is -2.26. The van der Waals surface area contributed by atoms with E-state index in [1.807, 2.05) is 0 Å². The van der Waals surface area contributed by atoms with Crippen LogP contribution < -0.4 is 10.6 Å². The largest absolute Gasteiger partial charge is 0.383 e. The lowest BCUT2D eigenvalue weighted by atomic mass is 10.1. The van der Waals surface area contributed by atoms with E-state index in [9.17, 15) is 4.79 Å². The second kappa shape index (κ2) is 8.42. The van der Waals surface area contributed by atoms with Crippen molar-refractivity contribution in [3.05, 3.63) is 18.1 Å². The SMILES string of the molecule is COCCNc1cc(C(=O)NCCC(C)C)ncn1. The number of nitrogens with one attached hydrogen (secondary N) is 2. The Kier molecular flexibility index (Phi) is 6.81. The van der Waals surface area contributed by atoms with Gasteiger partial charge in [-0.25, -0.2) is 9.97 Å². The third kappa shape index (κ3) is 6.15. The number of aromatic nitrogens is 2. The lowest BCUT2D eigenvalue weighted by Gasteiger charge is -2.08. The zero-order valence-electron chi connectivity index (χ0n) is 11.8. The summed E-state index contributed by atoms with van der Waals surface area (Å²) in [4.78, 5) is 19.9. The van der Waals surface area contributed by atoms with Crippen LogP contribution >= 0.6 is 0 Å². The first-order valence-corrected chi connectivity index (χ1v) is 6.46. The Labute approximate surface area is 114 Å². The predicted octanol–water partition coefficient (Wildman–Crippen LogP) is 1.31. The van der Waals surface area contributed by atoms with Crippen LogP contribution in [0.15, 0.2) is 12.4 Å². The molecule has 1 aromatic heterocycles. The zero-order valence-corrected chi connectivity index (χ0v) is 11.8. The van der Waals surface area contributed by atoms with Crippen molar-refractivity contribution in [1.82, 2.24) is 15.3 Å². The fourth-order valence-electron chi connectivity index (χ4n) is 1.42. The van der Waals surface area contributed by atoms with Crippen LogP contribution in [0.3, 0.4) is 0 Å². The molecule has 1 aromatic rings. The number of anilines is 1. The van der Waals surface area contributed by atoms with Gasteiger partial charge >= 0.3 is 0 Å². The molecule has 0 aromatic carbocycles. The molecule has 6 heteroatoms. The number of hydrogen-bond acceptors (Lipinski definition) is 5. The molecule has 1 rings (SSSR count). The summed E-state index contributed by atoms with van der Waals surface area (Å²) in [5, 5.41) is 5.90. The van der Waals surface area contributed by atoms with E-state index < -0.39 is 0 Å². The molecule has 106 valence electrons. The van der Waals surface area contributed by atoms with Crippen LogP contribution in [-0.2, 0) is 4.74 Å². The topological polar surface area (TPSA) is 76.1 Å². The van der Waals surface area contributed by atoms with Crippen molar-refractivity contribution in [2.75, 3.05) is 32.1 Å². The highest BCUT2D eigenvalue weighted by Gasteiger charge is 2.08. The minimum Gasteiger partial charge on any atom is -0.383 e. The number of rotatable bonds is 8. The molecule has 0 saturated heterocycles. The monoisotopic (exact) mass is 266 g/mol. The van der Waals surface area contributed by atoms with Gasteiger partial charge < -0.3 is 15.4 Å². The van der Waals surface area contributed by atoms with Gasteiger partial charge in [0, 0.05) is 26.3 Å². The van der Waals surface area contributed by atoms with Crippen molar-refractivity contribution in [3.63, 3.8) is 0 Å². The average Bonchev–Trinajstić information content (AvgIpc) is 2.39. The van der Waals surface area contributed by atoms with Crippen molar-refractivity contribution in [2.45, 2.75) is 20.3 Å². The summed E-state index contributed by atoms with van der Waals surface area (Å²) < 4.78 is 4.93. The van der Waals surface area contributed by atoms with Crippen molar-refractivity contribution in [1.29, 1.82) is 0 Å². The summed E-state index contributed by atoms with van der Waals surface area (Å²) in [6.45, 7) is 6.12. The summed E-state index contributed by atoms with van der Waals surface area (Å²) >= 11 is 0. The number of hydrogen-bond donors (Lipinski definition) is 2. The number of methoxy groups -OCH3 is 1. The highest BCUT2D eigenvalue weighted by molar-refractivity contribution is 5.92. The molecule has 0 radical (unpaired) electrons. The van der Waals surface area contributed by atoms with Crippen LogP contribution in [0, 0.1) is 5.92 Å². The van der Waals surface area contributed by atoms with Gasteiger partial charge in [0.25, 0.3) is 5.91 Å². The summed E-state index contributed by atoms with van der Waals surface area (Å²) in [5.41, 5.74) is 0.374. The third-order valence-corrected chi connectivity index (χ3v) is 2.52. The number of nitrogens with zero attached hydrogens (tertiary/aromatic N) is 2. The third-order valence-electron chi connectivity index (χ3n) is 2.52. The van der Waals surface area contributed by atoms with E-state index in [2.05, 4.69) is 34.4 Å². The standard InChI is InChI=1S/C13H22N4O2/c1-10(2)4-5-15-13(18)11-8-12(17-9-16-11)14-6-7-19-3/h8-10H,4-7H2,1-3H3,(H,15,18)(H,14,16,17). The molecule has 0 unspecified atom stereocenters. The predicted molar refractivity (Wildman–Crippen MR) is 74.2 cm³/mol. The van der Waals surface area contributed by atoms with Crippen LogP contribution in [0.1, 0.15) is 30.8 Å². The first-order chi connectivity index (χ1) is 9.13. The zero-order chi connectivity index (χ0) is 14.1. The van der Waals surface area contributed by atoms with Gasteiger partial charge in [-0.2, -0.15) is 0 Å². The molecule has 2 N–H and O–H groups in total. The van der Waals surface area contributed by atoms with E-state index in [-0.39, 0.29) is 5.91 Å². The van der Waals surface area contributed by atoms with Crippen LogP contribution in [-0.4, -0.2) is 42.7 Å². The highest BCUT2D eigenvalue weighted by atomic mass is 16.5. The fraction of sp³-hybridized carbons (Fsp3) is 0.615. The second-order valence-electron chi connectivity index (χ2n) is 4.65. The second-order valence-corrected chi connectivity index (χ2v) is 4.65. The molecule has 0 fully saturated rings. The molecule has 0 bridgehead atoms. The molecule has 19 heavy (non-hydrogen) atoms. The maximum atomic E-state index is 11.9. The van der Waals surface area contributed by atoms with Gasteiger partial charge in [0.15, 0.2) is 0 Å². The molecule has 0 spiro atoms. The van der Waals surface area contributed by atoms with Crippen LogP contribution in [0.4, 0.5) is 5.82 Å². The van der Waals surface area contributed by atoms with Gasteiger partial charge in [0.1, 0.15) is 17.8 Å². The van der Waals surface area contributed by atoms with Crippen molar-refractivity contribution in [3.8, 4) is 0 Å². The summed E-state index contributed by atoms with van der Waals surface area (Å²) in [7, 11) is 1.63. The Bertz CT molecular complexity index is 396. The number of carbonyl (C=O) groups is 1. The maximum absolute atomic E-state index is 11.9. The van der Waals surface area contributed by atoms with Gasteiger partial charge in [-0.05, 0) is 12.3 Å². The molecule has 0 aliphatic rings. The van der Waals surface area contributed by atoms with Crippen molar-refractivity contribution >= 4 is 11.7 Å². The van der Waals surface area contributed by atoms with Gasteiger partial charge in [-0.1, -0.05) is 13.8 Å². The Morgan fingerprint density at radius 3 is 2.84 bits per heavy atom. The molecular formula is C13H22N4O2. The fourth-order valence-corrected chi connectivity index (χ4v) is 1.42. The molecule has 1 heterocycles. The number of amides is 1. The minimum absolute atomic E-state index is 0.169. The van der Waals surface area contributed by atoms with E-state index >= 15 is 0 Å². The molecule has 1 amide bonds. The quantitative estimate of drug-likeness (QED) is 0.694. The lowest BCUT2D eigenvalue weighted by molar-refractivity contribution is 0.0947. The minimum atomic E-state index is -0.169. The molecule has 6 nitrogen and oxygen atoms in total. The summed E-state index contributed by atoms with van der Waals surface area (Å²) in [6, 6.07) is 1.64. The first-order valence-electron chi connectivity index (χ1n) is 6.46. The smallest absolute Gasteiger partial charge is 0.270 e. The van der Waals surface area contributed by atoms with Gasteiger partial charge in [0.05, 0.1) is 6.61 Å². The highest BCUT2D eigenvalue weighted by Crippen LogP contribution is 2.04. The van der Waals surface area contributed by atoms with E-state index in [0.29, 0.717) is 37.1 Å². The van der Waals surface area contributed by atoms with Gasteiger partial charge in [-0.3, -0.25) is 4.79 Å². The van der Waals surface area contributed by atoms with E-state index in [1.165, 1.54) is 6.33 Å². The molecule has 0 atom stereocenters.